The maximum absolute atomic E-state index is 12.6. The van der Waals surface area contributed by atoms with Gasteiger partial charge < -0.3 is 10.4 Å². The van der Waals surface area contributed by atoms with Crippen molar-refractivity contribution in [2.75, 3.05) is 11.9 Å². The third-order valence-corrected chi connectivity index (χ3v) is 4.75. The summed E-state index contributed by atoms with van der Waals surface area (Å²) in [6.45, 7) is 1.20. The van der Waals surface area contributed by atoms with Crippen LogP contribution >= 0.6 is 11.6 Å². The Morgan fingerprint density at radius 2 is 1.72 bits per heavy atom. The first-order valence-corrected chi connectivity index (χ1v) is 8.73. The van der Waals surface area contributed by atoms with Crippen LogP contribution < -0.4 is 5.32 Å². The Labute approximate surface area is 168 Å². The Bertz CT molecular complexity index is 975. The molecule has 1 unspecified atom stereocenters. The molecular formula is C19H15ClF3N3O3. The number of benzene rings is 2. The first kappa shape index (κ1) is 20.7. The van der Waals surface area contributed by atoms with Crippen LogP contribution in [-0.2, 0) is 11.0 Å². The average molecular weight is 426 g/mol. The highest BCUT2D eigenvalue weighted by molar-refractivity contribution is 6.30. The minimum atomic E-state index is -4.49. The molecule has 2 amide bonds. The molecule has 0 saturated carbocycles. The summed E-state index contributed by atoms with van der Waals surface area (Å²) in [5.74, 6) is -1.17. The lowest BCUT2D eigenvalue weighted by Gasteiger charge is -2.21. The second kappa shape index (κ2) is 7.40. The molecule has 2 aromatic rings. The molecule has 0 aliphatic carbocycles. The van der Waals surface area contributed by atoms with Gasteiger partial charge >= 0.3 is 18.2 Å². The largest absolute Gasteiger partial charge is 0.480 e. The summed E-state index contributed by atoms with van der Waals surface area (Å²) in [5, 5.41) is 17.7. The fourth-order valence-electron chi connectivity index (χ4n) is 2.84. The van der Waals surface area contributed by atoms with E-state index in [2.05, 4.69) is 10.4 Å². The number of hydrogen-bond donors (Lipinski definition) is 2. The van der Waals surface area contributed by atoms with Crippen LogP contribution in [0.2, 0.25) is 5.02 Å². The molecule has 1 aliphatic rings. The van der Waals surface area contributed by atoms with Gasteiger partial charge in [0.1, 0.15) is 5.41 Å². The fraction of sp³-hybridized carbons (Fsp3) is 0.211. The third-order valence-electron chi connectivity index (χ3n) is 4.50. The van der Waals surface area contributed by atoms with E-state index in [1.807, 2.05) is 0 Å². The minimum Gasteiger partial charge on any atom is -0.480 e. The van der Waals surface area contributed by atoms with Crippen LogP contribution in [0.25, 0.3) is 0 Å². The van der Waals surface area contributed by atoms with Crippen molar-refractivity contribution in [2.24, 2.45) is 10.5 Å². The molecule has 6 nitrogen and oxygen atoms in total. The van der Waals surface area contributed by atoms with Crippen molar-refractivity contribution in [2.45, 2.75) is 13.1 Å². The number of carbonyl (C=O) groups is 2. The number of halogens is 4. The lowest BCUT2D eigenvalue weighted by atomic mass is 9.82. The highest BCUT2D eigenvalue weighted by Gasteiger charge is 2.47. The van der Waals surface area contributed by atoms with Gasteiger partial charge in [0.25, 0.3) is 0 Å². The van der Waals surface area contributed by atoms with Crippen molar-refractivity contribution >= 4 is 35.0 Å². The molecule has 2 N–H and O–H groups in total. The maximum Gasteiger partial charge on any atom is 0.416 e. The van der Waals surface area contributed by atoms with Gasteiger partial charge in [0.05, 0.1) is 17.8 Å². The Morgan fingerprint density at radius 3 is 2.24 bits per heavy atom. The molecule has 2 aromatic carbocycles. The van der Waals surface area contributed by atoms with E-state index in [0.717, 1.165) is 29.3 Å². The van der Waals surface area contributed by atoms with Gasteiger partial charge in [-0.2, -0.15) is 18.3 Å². The summed E-state index contributed by atoms with van der Waals surface area (Å²) in [7, 11) is 0. The lowest BCUT2D eigenvalue weighted by molar-refractivity contribution is -0.144. The standard InChI is InChI=1S/C19H15ClF3N3O3/c1-18(16(27)28)10-26(25-15(18)11-2-6-13(20)7-3-11)17(29)24-14-8-4-12(5-9-14)19(21,22)23/h2-9H,10H2,1H3,(H,24,29)(H,27,28). The minimum absolute atomic E-state index is 0.121. The lowest BCUT2D eigenvalue weighted by Crippen LogP contribution is -2.41. The number of rotatable bonds is 3. The highest BCUT2D eigenvalue weighted by atomic mass is 35.5. The first-order chi connectivity index (χ1) is 13.5. The van der Waals surface area contributed by atoms with Gasteiger partial charge in [-0.1, -0.05) is 23.7 Å². The number of carbonyl (C=O) groups excluding carboxylic acids is 1. The summed E-state index contributed by atoms with van der Waals surface area (Å²) in [5.41, 5.74) is -1.53. The molecule has 1 heterocycles. The molecular weight excluding hydrogens is 411 g/mol. The van der Waals surface area contributed by atoms with E-state index < -0.39 is 29.2 Å². The Hall–Kier alpha value is -3.07. The van der Waals surface area contributed by atoms with Crippen LogP contribution in [-0.4, -0.2) is 34.4 Å². The predicted octanol–water partition coefficient (Wildman–Crippen LogP) is 4.70. The Balaban J connectivity index is 1.84. The first-order valence-electron chi connectivity index (χ1n) is 8.35. The zero-order valence-electron chi connectivity index (χ0n) is 15.0. The summed E-state index contributed by atoms with van der Waals surface area (Å²) in [4.78, 5) is 24.4. The molecule has 0 aromatic heterocycles. The van der Waals surface area contributed by atoms with E-state index in [4.69, 9.17) is 11.6 Å². The second-order valence-electron chi connectivity index (χ2n) is 6.66. The number of nitrogens with one attached hydrogen (secondary N) is 1. The van der Waals surface area contributed by atoms with Crippen molar-refractivity contribution in [3.63, 3.8) is 0 Å². The Kier molecular flexibility index (Phi) is 5.27. The number of amides is 2. The number of carboxylic acids is 1. The quantitative estimate of drug-likeness (QED) is 0.747. The molecule has 0 fully saturated rings. The average Bonchev–Trinajstić information content (AvgIpc) is 3.01. The van der Waals surface area contributed by atoms with Crippen LogP contribution in [0.15, 0.2) is 53.6 Å². The molecule has 29 heavy (non-hydrogen) atoms. The monoisotopic (exact) mass is 425 g/mol. The smallest absolute Gasteiger partial charge is 0.416 e. The van der Waals surface area contributed by atoms with Crippen molar-refractivity contribution in [3.8, 4) is 0 Å². The molecule has 10 heteroatoms. The number of carboxylic acid groups (broad SMARTS) is 1. The SMILES string of the molecule is CC1(C(=O)O)CN(C(=O)Nc2ccc(C(F)(F)F)cc2)N=C1c1ccc(Cl)cc1. The molecule has 0 spiro atoms. The predicted molar refractivity (Wildman–Crippen MR) is 101 cm³/mol. The molecule has 1 atom stereocenters. The van der Waals surface area contributed by atoms with Crippen molar-refractivity contribution in [3.05, 3.63) is 64.7 Å². The van der Waals surface area contributed by atoms with Crippen LogP contribution in [0.1, 0.15) is 18.1 Å². The number of anilines is 1. The number of aliphatic carboxylic acids is 1. The van der Waals surface area contributed by atoms with Crippen LogP contribution in [0.4, 0.5) is 23.7 Å². The zero-order valence-corrected chi connectivity index (χ0v) is 15.8. The van der Waals surface area contributed by atoms with Gasteiger partial charge in [0.15, 0.2) is 0 Å². The van der Waals surface area contributed by atoms with E-state index in [1.54, 1.807) is 24.3 Å². The van der Waals surface area contributed by atoms with Crippen LogP contribution in [0.3, 0.4) is 0 Å². The number of hydrogen-bond acceptors (Lipinski definition) is 3. The maximum atomic E-state index is 12.6. The fourth-order valence-corrected chi connectivity index (χ4v) is 2.97. The summed E-state index contributed by atoms with van der Waals surface area (Å²) in [6.07, 6.45) is -4.49. The van der Waals surface area contributed by atoms with Crippen molar-refractivity contribution < 1.29 is 27.9 Å². The summed E-state index contributed by atoms with van der Waals surface area (Å²) < 4.78 is 37.9. The van der Waals surface area contributed by atoms with Gasteiger partial charge in [0, 0.05) is 10.7 Å². The third kappa shape index (κ3) is 4.19. The van der Waals surface area contributed by atoms with E-state index >= 15 is 0 Å². The number of alkyl halides is 3. The molecule has 0 saturated heterocycles. The number of hydrazone groups is 1. The van der Waals surface area contributed by atoms with Gasteiger partial charge in [-0.25, -0.2) is 9.80 Å². The summed E-state index contributed by atoms with van der Waals surface area (Å²) >= 11 is 5.86. The van der Waals surface area contributed by atoms with E-state index in [0.29, 0.717) is 10.6 Å². The van der Waals surface area contributed by atoms with Crippen LogP contribution in [0, 0.1) is 5.41 Å². The van der Waals surface area contributed by atoms with Gasteiger partial charge in [-0.3, -0.25) is 4.79 Å². The molecule has 0 radical (unpaired) electrons. The second-order valence-corrected chi connectivity index (χ2v) is 7.09. The molecule has 3 rings (SSSR count). The van der Waals surface area contributed by atoms with Gasteiger partial charge in [-0.05, 0) is 48.9 Å². The van der Waals surface area contributed by atoms with Crippen LogP contribution in [0.5, 0.6) is 0 Å². The Morgan fingerprint density at radius 1 is 1.14 bits per heavy atom. The molecule has 1 aliphatic heterocycles. The van der Waals surface area contributed by atoms with Gasteiger partial charge in [0.2, 0.25) is 0 Å². The molecule has 152 valence electrons. The zero-order chi connectivity index (χ0) is 21.4. The number of urea groups is 1. The van der Waals surface area contributed by atoms with E-state index in [1.165, 1.54) is 6.92 Å². The number of nitrogens with zero attached hydrogens (tertiary/aromatic N) is 2. The topological polar surface area (TPSA) is 82.0 Å². The summed E-state index contributed by atoms with van der Waals surface area (Å²) in [6, 6.07) is 9.47. The highest BCUT2D eigenvalue weighted by Crippen LogP contribution is 2.33. The van der Waals surface area contributed by atoms with Crippen molar-refractivity contribution in [1.29, 1.82) is 0 Å². The normalized spacial score (nSPS) is 19.1. The molecule has 0 bridgehead atoms. The van der Waals surface area contributed by atoms with Crippen molar-refractivity contribution in [1.82, 2.24) is 5.01 Å². The van der Waals surface area contributed by atoms with E-state index in [9.17, 15) is 27.9 Å². The van der Waals surface area contributed by atoms with Gasteiger partial charge in [-0.15, -0.1) is 0 Å². The van der Waals surface area contributed by atoms with E-state index in [-0.39, 0.29) is 17.9 Å².